The number of hydrogen-bond acceptors (Lipinski definition) is 2. The molecule has 0 amide bonds. The minimum absolute atomic E-state index is 0.0506. The quantitative estimate of drug-likeness (QED) is 0.889. The number of nitrogens with zero attached hydrogens (tertiary/aromatic N) is 2. The number of hydrogen-bond donors (Lipinski definition) is 1. The number of aryl methyl sites for hydroxylation is 1. The molecule has 0 bridgehead atoms. The van der Waals surface area contributed by atoms with Gasteiger partial charge in [0.2, 0.25) is 0 Å². The third-order valence-corrected chi connectivity index (χ3v) is 3.85. The van der Waals surface area contributed by atoms with Gasteiger partial charge in [-0.3, -0.25) is 4.68 Å². The predicted molar refractivity (Wildman–Crippen MR) is 82.6 cm³/mol. The van der Waals surface area contributed by atoms with Crippen LogP contribution in [-0.4, -0.2) is 16.8 Å². The van der Waals surface area contributed by atoms with E-state index in [9.17, 15) is 0 Å². The van der Waals surface area contributed by atoms with Crippen LogP contribution in [0, 0.1) is 0 Å². The van der Waals surface area contributed by atoms with E-state index in [0.29, 0.717) is 5.02 Å². The second-order valence-electron chi connectivity index (χ2n) is 4.37. The Morgan fingerprint density at radius 2 is 2.05 bits per heavy atom. The minimum Gasteiger partial charge on any atom is -0.308 e. The van der Waals surface area contributed by atoms with Crippen molar-refractivity contribution in [3.8, 4) is 0 Å². The maximum atomic E-state index is 6.30. The van der Waals surface area contributed by atoms with Gasteiger partial charge in [0.05, 0.1) is 23.0 Å². The van der Waals surface area contributed by atoms with Crippen molar-refractivity contribution in [1.82, 2.24) is 15.1 Å². The van der Waals surface area contributed by atoms with Gasteiger partial charge >= 0.3 is 0 Å². The van der Waals surface area contributed by atoms with Crippen LogP contribution in [0.15, 0.2) is 34.9 Å². The van der Waals surface area contributed by atoms with Gasteiger partial charge in [0.15, 0.2) is 0 Å². The normalized spacial score (nSPS) is 12.6. The molecule has 1 aromatic heterocycles. The Hall–Kier alpha value is -0.840. The first-order valence-electron chi connectivity index (χ1n) is 6.31. The molecule has 5 heteroatoms. The van der Waals surface area contributed by atoms with Crippen molar-refractivity contribution in [3.05, 3.63) is 51.2 Å². The van der Waals surface area contributed by atoms with E-state index >= 15 is 0 Å². The van der Waals surface area contributed by atoms with Crippen LogP contribution in [0.2, 0.25) is 5.02 Å². The van der Waals surface area contributed by atoms with Crippen LogP contribution in [0.5, 0.6) is 0 Å². The van der Waals surface area contributed by atoms with E-state index < -0.39 is 0 Å². The van der Waals surface area contributed by atoms with Crippen molar-refractivity contribution in [2.75, 3.05) is 7.05 Å². The first-order valence-corrected chi connectivity index (χ1v) is 7.48. The summed E-state index contributed by atoms with van der Waals surface area (Å²) in [6.07, 6.45) is 2.75. The van der Waals surface area contributed by atoms with E-state index in [1.54, 1.807) is 6.20 Å². The van der Waals surface area contributed by atoms with Crippen LogP contribution in [0.4, 0.5) is 0 Å². The molecule has 0 aliphatic rings. The average Bonchev–Trinajstić information content (AvgIpc) is 2.76. The molecular formula is C14H17BrClN3. The van der Waals surface area contributed by atoms with Gasteiger partial charge in [-0.25, -0.2) is 0 Å². The lowest BCUT2D eigenvalue weighted by molar-refractivity contribution is 0.535. The summed E-state index contributed by atoms with van der Waals surface area (Å²) in [4.78, 5) is 0. The fourth-order valence-corrected chi connectivity index (χ4v) is 2.68. The molecule has 1 unspecified atom stereocenters. The number of benzene rings is 1. The highest BCUT2D eigenvalue weighted by molar-refractivity contribution is 9.10. The molecule has 1 aromatic carbocycles. The molecule has 0 aliphatic heterocycles. The van der Waals surface area contributed by atoms with Gasteiger partial charge < -0.3 is 5.32 Å². The van der Waals surface area contributed by atoms with E-state index in [2.05, 4.69) is 45.4 Å². The Morgan fingerprint density at radius 3 is 2.63 bits per heavy atom. The van der Waals surface area contributed by atoms with E-state index in [1.165, 1.54) is 5.56 Å². The fraction of sp³-hybridized carbons (Fsp3) is 0.357. The van der Waals surface area contributed by atoms with Crippen molar-refractivity contribution >= 4 is 27.5 Å². The average molecular weight is 343 g/mol. The molecule has 0 saturated carbocycles. The Kier molecular flexibility index (Phi) is 5.02. The fourth-order valence-electron chi connectivity index (χ4n) is 2.17. The van der Waals surface area contributed by atoms with E-state index in [1.807, 2.05) is 23.9 Å². The van der Waals surface area contributed by atoms with Crippen molar-refractivity contribution in [3.63, 3.8) is 0 Å². The van der Waals surface area contributed by atoms with Crippen LogP contribution in [0.1, 0.15) is 30.6 Å². The maximum Gasteiger partial charge on any atom is 0.0837 e. The summed E-state index contributed by atoms with van der Waals surface area (Å²) in [5.74, 6) is 0. The Balaban J connectivity index is 2.41. The Labute approximate surface area is 127 Å². The monoisotopic (exact) mass is 341 g/mol. The first-order chi connectivity index (χ1) is 9.17. The van der Waals surface area contributed by atoms with Crippen molar-refractivity contribution in [2.45, 2.75) is 25.9 Å². The molecule has 102 valence electrons. The molecule has 19 heavy (non-hydrogen) atoms. The van der Waals surface area contributed by atoms with Gasteiger partial charge in [0, 0.05) is 11.0 Å². The van der Waals surface area contributed by atoms with Crippen LogP contribution >= 0.6 is 27.5 Å². The third kappa shape index (κ3) is 3.19. The van der Waals surface area contributed by atoms with Gasteiger partial charge in [0.1, 0.15) is 0 Å². The summed E-state index contributed by atoms with van der Waals surface area (Å²) in [7, 11) is 1.94. The topological polar surface area (TPSA) is 29.9 Å². The number of rotatable bonds is 5. The molecule has 0 saturated heterocycles. The molecule has 1 atom stereocenters. The molecule has 0 aliphatic carbocycles. The lowest BCUT2D eigenvalue weighted by Gasteiger charge is -2.19. The standard InChI is InChI=1S/C14H17BrClN3/c1-3-8-19-14(12(16)9-18-19)13(17-2)10-4-6-11(15)7-5-10/h4-7,9,13,17H,3,8H2,1-2H3. The van der Waals surface area contributed by atoms with Crippen LogP contribution in [-0.2, 0) is 6.54 Å². The first kappa shape index (κ1) is 14.6. The molecule has 2 rings (SSSR count). The molecule has 0 fully saturated rings. The van der Waals surface area contributed by atoms with Crippen molar-refractivity contribution in [2.24, 2.45) is 0 Å². The Morgan fingerprint density at radius 1 is 1.37 bits per heavy atom. The lowest BCUT2D eigenvalue weighted by Crippen LogP contribution is -2.22. The summed E-state index contributed by atoms with van der Waals surface area (Å²) >= 11 is 9.76. The van der Waals surface area contributed by atoms with Crippen LogP contribution in [0.3, 0.4) is 0 Å². The van der Waals surface area contributed by atoms with E-state index in [-0.39, 0.29) is 6.04 Å². The highest BCUT2D eigenvalue weighted by atomic mass is 79.9. The minimum atomic E-state index is 0.0506. The smallest absolute Gasteiger partial charge is 0.0837 e. The van der Waals surface area contributed by atoms with Gasteiger partial charge in [-0.05, 0) is 31.2 Å². The highest BCUT2D eigenvalue weighted by Crippen LogP contribution is 2.29. The summed E-state index contributed by atoms with van der Waals surface area (Å²) in [6, 6.07) is 8.30. The van der Waals surface area contributed by atoms with Gasteiger partial charge in [0.25, 0.3) is 0 Å². The molecule has 0 radical (unpaired) electrons. The molecule has 1 N–H and O–H groups in total. The molecule has 0 spiro atoms. The highest BCUT2D eigenvalue weighted by Gasteiger charge is 2.20. The SMILES string of the molecule is CCCn1ncc(Cl)c1C(NC)c1ccc(Br)cc1. The third-order valence-electron chi connectivity index (χ3n) is 3.03. The zero-order valence-electron chi connectivity index (χ0n) is 11.0. The van der Waals surface area contributed by atoms with E-state index in [0.717, 1.165) is 23.1 Å². The Bertz CT molecular complexity index is 536. The molecular weight excluding hydrogens is 326 g/mol. The second-order valence-corrected chi connectivity index (χ2v) is 5.70. The summed E-state index contributed by atoms with van der Waals surface area (Å²) in [6.45, 7) is 3.00. The van der Waals surface area contributed by atoms with Crippen LogP contribution in [0.25, 0.3) is 0 Å². The predicted octanol–water partition coefficient (Wildman–Crippen LogP) is 4.02. The molecule has 2 aromatic rings. The summed E-state index contributed by atoms with van der Waals surface area (Å²) in [5, 5.41) is 8.38. The molecule has 1 heterocycles. The van der Waals surface area contributed by atoms with E-state index in [4.69, 9.17) is 11.6 Å². The zero-order valence-corrected chi connectivity index (χ0v) is 13.4. The number of aromatic nitrogens is 2. The van der Waals surface area contributed by atoms with Crippen molar-refractivity contribution in [1.29, 1.82) is 0 Å². The lowest BCUT2D eigenvalue weighted by atomic mass is 10.0. The maximum absolute atomic E-state index is 6.30. The van der Waals surface area contributed by atoms with Gasteiger partial charge in [-0.15, -0.1) is 0 Å². The van der Waals surface area contributed by atoms with Gasteiger partial charge in [-0.2, -0.15) is 5.10 Å². The van der Waals surface area contributed by atoms with Crippen LogP contribution < -0.4 is 5.32 Å². The van der Waals surface area contributed by atoms with Crippen molar-refractivity contribution < 1.29 is 0 Å². The van der Waals surface area contributed by atoms with Gasteiger partial charge in [-0.1, -0.05) is 46.6 Å². The molecule has 3 nitrogen and oxygen atoms in total. The second kappa shape index (κ2) is 6.55. The largest absolute Gasteiger partial charge is 0.308 e. The zero-order chi connectivity index (χ0) is 13.8. The number of nitrogens with one attached hydrogen (secondary N) is 1. The summed E-state index contributed by atoms with van der Waals surface area (Å²) < 4.78 is 3.05. The summed E-state index contributed by atoms with van der Waals surface area (Å²) in [5.41, 5.74) is 2.19. The number of halogens is 2.